The maximum absolute atomic E-state index is 13.2. The quantitative estimate of drug-likeness (QED) is 0.575. The minimum absolute atomic E-state index is 0.0619. The fourth-order valence-corrected chi connectivity index (χ4v) is 4.17. The summed E-state index contributed by atoms with van der Waals surface area (Å²) in [6, 6.07) is 12.9. The molecule has 3 rings (SSSR count). The Balaban J connectivity index is 1.88. The van der Waals surface area contributed by atoms with Gasteiger partial charge in [-0.25, -0.2) is 0 Å². The van der Waals surface area contributed by atoms with Gasteiger partial charge in [-0.15, -0.1) is 0 Å². The number of amidine groups is 1. The van der Waals surface area contributed by atoms with Gasteiger partial charge in [0.1, 0.15) is 18.5 Å². The molecule has 1 saturated heterocycles. The van der Waals surface area contributed by atoms with Crippen LogP contribution >= 0.6 is 23.4 Å². The molecular weight excluding hydrogens is 436 g/mol. The van der Waals surface area contributed by atoms with Gasteiger partial charge in [0, 0.05) is 6.54 Å². The van der Waals surface area contributed by atoms with Gasteiger partial charge in [-0.1, -0.05) is 42.8 Å². The number of benzene rings is 2. The van der Waals surface area contributed by atoms with E-state index in [0.29, 0.717) is 27.4 Å². The minimum atomic E-state index is -0.973. The van der Waals surface area contributed by atoms with Crippen molar-refractivity contribution < 1.29 is 19.7 Å². The molecule has 1 atom stereocenters. The molecule has 0 spiro atoms. The number of aliphatic hydroxyl groups excluding tert-OH is 2. The third-order valence-corrected chi connectivity index (χ3v) is 5.83. The van der Waals surface area contributed by atoms with Gasteiger partial charge in [-0.3, -0.25) is 14.7 Å². The molecule has 0 radical (unpaired) electrons. The number of rotatable bonds is 8. The van der Waals surface area contributed by atoms with Gasteiger partial charge in [0.2, 0.25) is 0 Å². The van der Waals surface area contributed by atoms with Crippen LogP contribution in [-0.4, -0.2) is 47.2 Å². The van der Waals surface area contributed by atoms with Crippen LogP contribution in [0.25, 0.3) is 6.08 Å². The Kier molecular flexibility index (Phi) is 8.15. The molecule has 2 aromatic carbocycles. The SMILES string of the molecule is CCC/N=C1\SC(=Cc2ccc(OCC(O)CO)c(Cl)c2)C(=O)N1c1ccccc1C. The Morgan fingerprint density at radius 2 is 2.06 bits per heavy atom. The lowest BCUT2D eigenvalue weighted by Crippen LogP contribution is -2.29. The molecule has 31 heavy (non-hydrogen) atoms. The second-order valence-corrected chi connectivity index (χ2v) is 8.46. The van der Waals surface area contributed by atoms with Gasteiger partial charge >= 0.3 is 0 Å². The lowest BCUT2D eigenvalue weighted by Gasteiger charge is -2.18. The van der Waals surface area contributed by atoms with Gasteiger partial charge in [0.05, 0.1) is 22.2 Å². The van der Waals surface area contributed by atoms with Crippen molar-refractivity contribution in [2.75, 3.05) is 24.7 Å². The van der Waals surface area contributed by atoms with Crippen molar-refractivity contribution in [1.29, 1.82) is 0 Å². The molecule has 0 aliphatic carbocycles. The molecule has 164 valence electrons. The highest BCUT2D eigenvalue weighted by Gasteiger charge is 2.35. The van der Waals surface area contributed by atoms with E-state index in [9.17, 15) is 9.90 Å². The van der Waals surface area contributed by atoms with E-state index in [1.807, 2.05) is 38.1 Å². The van der Waals surface area contributed by atoms with Crippen molar-refractivity contribution in [2.24, 2.45) is 4.99 Å². The molecule has 1 fully saturated rings. The number of aliphatic hydroxyl groups is 2. The fraction of sp³-hybridized carbons (Fsp3) is 0.304. The van der Waals surface area contributed by atoms with Gasteiger partial charge in [-0.05, 0) is 60.5 Å². The number of aliphatic imine (C=N–C) groups is 1. The number of hydrogen-bond acceptors (Lipinski definition) is 6. The van der Waals surface area contributed by atoms with E-state index in [0.717, 1.165) is 23.2 Å². The zero-order valence-corrected chi connectivity index (χ0v) is 19.0. The Bertz CT molecular complexity index is 1010. The zero-order valence-electron chi connectivity index (χ0n) is 17.4. The van der Waals surface area contributed by atoms with E-state index >= 15 is 0 Å². The van der Waals surface area contributed by atoms with Crippen LogP contribution in [0.1, 0.15) is 24.5 Å². The Morgan fingerprint density at radius 3 is 2.74 bits per heavy atom. The van der Waals surface area contributed by atoms with Crippen molar-refractivity contribution >= 4 is 46.2 Å². The molecule has 1 aliphatic heterocycles. The molecule has 0 bridgehead atoms. The monoisotopic (exact) mass is 460 g/mol. The number of para-hydroxylation sites is 1. The first-order valence-corrected chi connectivity index (χ1v) is 11.2. The van der Waals surface area contributed by atoms with Gasteiger partial charge in [0.25, 0.3) is 5.91 Å². The second-order valence-electron chi connectivity index (χ2n) is 7.04. The number of carbonyl (C=O) groups is 1. The molecule has 1 aliphatic rings. The summed E-state index contributed by atoms with van der Waals surface area (Å²) in [6.45, 7) is 4.21. The number of anilines is 1. The summed E-state index contributed by atoms with van der Waals surface area (Å²) in [7, 11) is 0. The maximum atomic E-state index is 13.2. The van der Waals surface area contributed by atoms with E-state index in [1.165, 1.54) is 11.8 Å². The van der Waals surface area contributed by atoms with Crippen LogP contribution < -0.4 is 9.64 Å². The zero-order chi connectivity index (χ0) is 22.4. The normalized spacial score (nSPS) is 17.6. The molecule has 6 nitrogen and oxygen atoms in total. The Hall–Kier alpha value is -2.32. The number of amides is 1. The van der Waals surface area contributed by atoms with Crippen LogP contribution in [0.3, 0.4) is 0 Å². The van der Waals surface area contributed by atoms with Gasteiger partial charge in [-0.2, -0.15) is 0 Å². The van der Waals surface area contributed by atoms with E-state index < -0.39 is 6.10 Å². The van der Waals surface area contributed by atoms with Crippen LogP contribution in [-0.2, 0) is 4.79 Å². The third-order valence-electron chi connectivity index (χ3n) is 4.53. The largest absolute Gasteiger partial charge is 0.489 e. The molecule has 0 saturated carbocycles. The number of aryl methyl sites for hydroxylation is 1. The van der Waals surface area contributed by atoms with Crippen LogP contribution in [0.2, 0.25) is 5.02 Å². The van der Waals surface area contributed by atoms with E-state index in [4.69, 9.17) is 21.4 Å². The molecule has 1 amide bonds. The lowest BCUT2D eigenvalue weighted by atomic mass is 10.1. The van der Waals surface area contributed by atoms with E-state index in [2.05, 4.69) is 4.99 Å². The molecule has 8 heteroatoms. The summed E-state index contributed by atoms with van der Waals surface area (Å²) < 4.78 is 5.42. The summed E-state index contributed by atoms with van der Waals surface area (Å²) in [6.07, 6.45) is 1.70. The van der Waals surface area contributed by atoms with Crippen LogP contribution in [0.5, 0.6) is 5.75 Å². The van der Waals surface area contributed by atoms with Crippen molar-refractivity contribution in [3.8, 4) is 5.75 Å². The summed E-state index contributed by atoms with van der Waals surface area (Å²) in [4.78, 5) is 20.1. The first-order chi connectivity index (χ1) is 14.9. The standard InChI is InChI=1S/C23H25ClN2O4S/c1-3-10-25-23-26(19-7-5-4-6-15(19)2)22(29)21(31-23)12-16-8-9-20(18(24)11-16)30-14-17(28)13-27/h4-9,11-12,17,27-28H,3,10,13-14H2,1-2H3/b21-12?,25-23-. The summed E-state index contributed by atoms with van der Waals surface area (Å²) in [5.41, 5.74) is 2.57. The molecule has 2 aromatic rings. The van der Waals surface area contributed by atoms with Gasteiger partial charge in [0.15, 0.2) is 5.17 Å². The molecular formula is C23H25ClN2O4S. The second kappa shape index (κ2) is 10.8. The topological polar surface area (TPSA) is 82.4 Å². The van der Waals surface area contributed by atoms with Crippen LogP contribution in [0.15, 0.2) is 52.4 Å². The predicted octanol–water partition coefficient (Wildman–Crippen LogP) is 4.27. The van der Waals surface area contributed by atoms with Gasteiger partial charge < -0.3 is 14.9 Å². The predicted molar refractivity (Wildman–Crippen MR) is 127 cm³/mol. The summed E-state index contributed by atoms with van der Waals surface area (Å²) in [5, 5.41) is 19.3. The fourth-order valence-electron chi connectivity index (χ4n) is 2.93. The van der Waals surface area contributed by atoms with Crippen LogP contribution in [0.4, 0.5) is 5.69 Å². The highest BCUT2D eigenvalue weighted by Crippen LogP contribution is 2.38. The average molecular weight is 461 g/mol. The van der Waals surface area contributed by atoms with Crippen molar-refractivity contribution in [1.82, 2.24) is 0 Å². The number of thioether (sulfide) groups is 1. The molecule has 0 aromatic heterocycles. The minimum Gasteiger partial charge on any atom is -0.489 e. The first-order valence-electron chi connectivity index (χ1n) is 10.00. The molecule has 1 unspecified atom stereocenters. The molecule has 2 N–H and O–H groups in total. The van der Waals surface area contributed by atoms with E-state index in [-0.39, 0.29) is 19.1 Å². The van der Waals surface area contributed by atoms with Crippen molar-refractivity contribution in [3.63, 3.8) is 0 Å². The highest BCUT2D eigenvalue weighted by molar-refractivity contribution is 8.19. The molecule has 1 heterocycles. The number of ether oxygens (including phenoxy) is 1. The third kappa shape index (κ3) is 5.68. The maximum Gasteiger partial charge on any atom is 0.271 e. The first kappa shape index (κ1) is 23.3. The number of carbonyl (C=O) groups excluding carboxylic acids is 1. The van der Waals surface area contributed by atoms with E-state index in [1.54, 1.807) is 29.2 Å². The number of nitrogens with zero attached hydrogens (tertiary/aromatic N) is 2. The van der Waals surface area contributed by atoms with Crippen molar-refractivity contribution in [3.05, 3.63) is 63.5 Å². The Morgan fingerprint density at radius 1 is 1.29 bits per heavy atom. The van der Waals surface area contributed by atoms with Crippen molar-refractivity contribution in [2.45, 2.75) is 26.4 Å². The smallest absolute Gasteiger partial charge is 0.271 e. The van der Waals surface area contributed by atoms with Crippen LogP contribution in [0, 0.1) is 6.92 Å². The highest BCUT2D eigenvalue weighted by atomic mass is 35.5. The summed E-state index contributed by atoms with van der Waals surface area (Å²) in [5.74, 6) is 0.269. The Labute approximate surface area is 191 Å². The summed E-state index contributed by atoms with van der Waals surface area (Å²) >= 11 is 7.64. The number of halogens is 1. The number of hydrogen-bond donors (Lipinski definition) is 2. The average Bonchev–Trinajstić information content (AvgIpc) is 3.06. The lowest BCUT2D eigenvalue weighted by molar-refractivity contribution is -0.113.